The summed E-state index contributed by atoms with van der Waals surface area (Å²) in [5.74, 6) is -0.706. The molecule has 0 heterocycles. The second-order valence-electron chi connectivity index (χ2n) is 5.61. The van der Waals surface area contributed by atoms with E-state index in [-0.39, 0.29) is 11.3 Å². The number of nitro benzene ring substituents is 1. The maximum absolute atomic E-state index is 13.3. The number of benzene rings is 1. The van der Waals surface area contributed by atoms with E-state index in [1.807, 2.05) is 0 Å². The summed E-state index contributed by atoms with van der Waals surface area (Å²) in [6.45, 7) is 0.562. The first kappa shape index (κ1) is 15.4. The third-order valence-corrected chi connectivity index (χ3v) is 3.99. The lowest BCUT2D eigenvalue weighted by Crippen LogP contribution is -2.33. The fraction of sp³-hybridized carbons (Fsp3) is 0.533. The van der Waals surface area contributed by atoms with Crippen molar-refractivity contribution in [3.05, 3.63) is 39.7 Å². The largest absolute Gasteiger partial charge is 0.341 e. The third-order valence-electron chi connectivity index (χ3n) is 3.99. The molecule has 0 unspecified atom stereocenters. The fourth-order valence-electron chi connectivity index (χ4n) is 2.88. The van der Waals surface area contributed by atoms with Crippen LogP contribution in [-0.2, 0) is 0 Å². The molecule has 1 aliphatic rings. The predicted octanol–water partition coefficient (Wildman–Crippen LogP) is 3.39. The average molecular weight is 294 g/mol. The van der Waals surface area contributed by atoms with Gasteiger partial charge >= 0.3 is 0 Å². The summed E-state index contributed by atoms with van der Waals surface area (Å²) in [5.41, 5.74) is -0.532. The molecule has 0 aliphatic heterocycles. The van der Waals surface area contributed by atoms with Crippen LogP contribution in [0.15, 0.2) is 18.2 Å². The third kappa shape index (κ3) is 3.77. The van der Waals surface area contributed by atoms with Crippen LogP contribution in [0, 0.1) is 21.8 Å². The molecule has 6 heteroatoms. The predicted molar refractivity (Wildman–Crippen MR) is 76.6 cm³/mol. The maximum atomic E-state index is 13.3. The van der Waals surface area contributed by atoms with Gasteiger partial charge in [-0.05, 0) is 30.9 Å². The highest BCUT2D eigenvalue weighted by atomic mass is 19.1. The lowest BCUT2D eigenvalue weighted by molar-refractivity contribution is -0.385. The first-order valence-corrected chi connectivity index (χ1v) is 7.18. The Bertz CT molecular complexity index is 542. The molecular weight excluding hydrogens is 275 g/mol. The topological polar surface area (TPSA) is 63.5 Å². The van der Waals surface area contributed by atoms with Crippen molar-refractivity contribution in [2.24, 2.45) is 5.92 Å². The van der Waals surface area contributed by atoms with Gasteiger partial charge in [0.1, 0.15) is 11.4 Å². The molecule has 114 valence electrons. The zero-order valence-electron chi connectivity index (χ0n) is 12.0. The molecule has 21 heavy (non-hydrogen) atoms. The average Bonchev–Trinajstić information content (AvgIpc) is 2.47. The van der Waals surface area contributed by atoms with Gasteiger partial charge in [0, 0.05) is 19.7 Å². The summed E-state index contributed by atoms with van der Waals surface area (Å²) >= 11 is 0. The summed E-state index contributed by atoms with van der Waals surface area (Å²) in [4.78, 5) is 24.1. The summed E-state index contributed by atoms with van der Waals surface area (Å²) in [6.07, 6.45) is 5.69. The monoisotopic (exact) mass is 294 g/mol. The normalized spacial score (nSPS) is 15.7. The molecule has 0 aromatic heterocycles. The van der Waals surface area contributed by atoms with Crippen LogP contribution >= 0.6 is 0 Å². The Kier molecular flexibility index (Phi) is 4.88. The molecule has 0 radical (unpaired) electrons. The van der Waals surface area contributed by atoms with E-state index in [0.29, 0.717) is 12.5 Å². The molecule has 1 aromatic carbocycles. The van der Waals surface area contributed by atoms with Crippen LogP contribution in [-0.4, -0.2) is 29.3 Å². The van der Waals surface area contributed by atoms with E-state index in [4.69, 9.17) is 0 Å². The van der Waals surface area contributed by atoms with E-state index >= 15 is 0 Å². The summed E-state index contributed by atoms with van der Waals surface area (Å²) in [5, 5.41) is 11.0. The van der Waals surface area contributed by atoms with Gasteiger partial charge < -0.3 is 4.90 Å². The number of nitrogens with zero attached hydrogens (tertiary/aromatic N) is 2. The van der Waals surface area contributed by atoms with Crippen LogP contribution in [0.2, 0.25) is 0 Å². The number of carbonyl (C=O) groups is 1. The maximum Gasteiger partial charge on any atom is 0.282 e. The Morgan fingerprint density at radius 2 is 2.05 bits per heavy atom. The van der Waals surface area contributed by atoms with Gasteiger partial charge in [-0.25, -0.2) is 4.39 Å². The molecule has 0 bridgehead atoms. The highest BCUT2D eigenvalue weighted by Gasteiger charge is 2.25. The molecule has 0 atom stereocenters. The summed E-state index contributed by atoms with van der Waals surface area (Å²) in [6, 6.07) is 2.98. The van der Waals surface area contributed by atoms with Crippen molar-refractivity contribution in [1.29, 1.82) is 0 Å². The molecule has 5 nitrogen and oxygen atoms in total. The van der Waals surface area contributed by atoms with E-state index < -0.39 is 16.6 Å². The van der Waals surface area contributed by atoms with Crippen molar-refractivity contribution in [3.8, 4) is 0 Å². The van der Waals surface area contributed by atoms with Crippen molar-refractivity contribution in [2.45, 2.75) is 32.1 Å². The van der Waals surface area contributed by atoms with Crippen molar-refractivity contribution in [1.82, 2.24) is 4.90 Å². The number of rotatable bonds is 4. The van der Waals surface area contributed by atoms with Crippen LogP contribution in [0.3, 0.4) is 0 Å². The summed E-state index contributed by atoms with van der Waals surface area (Å²) in [7, 11) is 1.62. The first-order chi connectivity index (χ1) is 9.99. The SMILES string of the molecule is CN(CC1CCCCC1)C(=O)c1cc(F)ccc1[N+](=O)[O-]. The number of amides is 1. The van der Waals surface area contributed by atoms with E-state index in [2.05, 4.69) is 0 Å². The van der Waals surface area contributed by atoms with E-state index in [1.165, 1.54) is 11.3 Å². The Morgan fingerprint density at radius 1 is 1.38 bits per heavy atom. The molecule has 1 aromatic rings. The first-order valence-electron chi connectivity index (χ1n) is 7.18. The standard InChI is InChI=1S/C15H19FN2O3/c1-17(10-11-5-3-2-4-6-11)15(19)13-9-12(16)7-8-14(13)18(20)21/h7-9,11H,2-6,10H2,1H3. The van der Waals surface area contributed by atoms with Crippen molar-refractivity contribution in [2.75, 3.05) is 13.6 Å². The minimum atomic E-state index is -0.652. The number of nitro groups is 1. The van der Waals surface area contributed by atoms with Crippen molar-refractivity contribution >= 4 is 11.6 Å². The molecule has 0 N–H and O–H groups in total. The van der Waals surface area contributed by atoms with E-state index in [1.54, 1.807) is 7.05 Å². The van der Waals surface area contributed by atoms with Gasteiger partial charge in [0.05, 0.1) is 4.92 Å². The molecular formula is C15H19FN2O3. The van der Waals surface area contributed by atoms with Crippen LogP contribution in [0.5, 0.6) is 0 Å². The zero-order valence-corrected chi connectivity index (χ0v) is 12.0. The minimum absolute atomic E-state index is 0.182. The van der Waals surface area contributed by atoms with Gasteiger partial charge in [0.15, 0.2) is 0 Å². The van der Waals surface area contributed by atoms with Crippen LogP contribution in [0.1, 0.15) is 42.5 Å². The van der Waals surface area contributed by atoms with Crippen LogP contribution in [0.4, 0.5) is 10.1 Å². The quantitative estimate of drug-likeness (QED) is 0.631. The number of carbonyl (C=O) groups excluding carboxylic acids is 1. The Balaban J connectivity index is 2.14. The second-order valence-corrected chi connectivity index (χ2v) is 5.61. The van der Waals surface area contributed by atoms with E-state index in [9.17, 15) is 19.3 Å². The smallest absolute Gasteiger partial charge is 0.282 e. The Morgan fingerprint density at radius 3 is 2.67 bits per heavy atom. The molecule has 1 fully saturated rings. The molecule has 0 saturated heterocycles. The Labute approximate surface area is 122 Å². The fourth-order valence-corrected chi connectivity index (χ4v) is 2.88. The molecule has 1 saturated carbocycles. The van der Waals surface area contributed by atoms with E-state index in [0.717, 1.165) is 43.9 Å². The number of hydrogen-bond donors (Lipinski definition) is 0. The van der Waals surface area contributed by atoms with Gasteiger partial charge in [-0.2, -0.15) is 0 Å². The number of hydrogen-bond acceptors (Lipinski definition) is 3. The lowest BCUT2D eigenvalue weighted by atomic mass is 9.89. The molecule has 2 rings (SSSR count). The van der Waals surface area contributed by atoms with Gasteiger partial charge in [-0.3, -0.25) is 14.9 Å². The van der Waals surface area contributed by atoms with Crippen molar-refractivity contribution < 1.29 is 14.1 Å². The van der Waals surface area contributed by atoms with Gasteiger partial charge in [-0.15, -0.1) is 0 Å². The second kappa shape index (κ2) is 6.65. The van der Waals surface area contributed by atoms with Crippen LogP contribution in [0.25, 0.3) is 0 Å². The van der Waals surface area contributed by atoms with Crippen LogP contribution < -0.4 is 0 Å². The molecule has 1 amide bonds. The van der Waals surface area contributed by atoms with Gasteiger partial charge in [0.2, 0.25) is 0 Å². The summed E-state index contributed by atoms with van der Waals surface area (Å²) < 4.78 is 13.3. The number of halogens is 1. The Hall–Kier alpha value is -1.98. The molecule has 0 spiro atoms. The van der Waals surface area contributed by atoms with Gasteiger partial charge in [-0.1, -0.05) is 19.3 Å². The van der Waals surface area contributed by atoms with Gasteiger partial charge in [0.25, 0.3) is 11.6 Å². The highest BCUT2D eigenvalue weighted by Crippen LogP contribution is 2.26. The minimum Gasteiger partial charge on any atom is -0.341 e. The van der Waals surface area contributed by atoms with Crippen molar-refractivity contribution in [3.63, 3.8) is 0 Å². The lowest BCUT2D eigenvalue weighted by Gasteiger charge is -2.27. The highest BCUT2D eigenvalue weighted by molar-refractivity contribution is 5.98. The zero-order chi connectivity index (χ0) is 15.4. The molecule has 1 aliphatic carbocycles.